The molecule has 0 fully saturated rings. The lowest BCUT2D eigenvalue weighted by atomic mass is 10.1. The van der Waals surface area contributed by atoms with Crippen LogP contribution in [0, 0.1) is 11.6 Å². The van der Waals surface area contributed by atoms with Crippen LogP contribution >= 0.6 is 23.2 Å². The number of halogens is 4. The van der Waals surface area contributed by atoms with Gasteiger partial charge in [-0.05, 0) is 54.1 Å². The van der Waals surface area contributed by atoms with Gasteiger partial charge in [0, 0.05) is 39.5 Å². The maximum atomic E-state index is 14.6. The lowest BCUT2D eigenvalue weighted by Crippen LogP contribution is -2.31. The molecule has 0 atom stereocenters. The third-order valence-corrected chi connectivity index (χ3v) is 6.42. The number of nitrogens with zero attached hydrogens (tertiary/aromatic N) is 4. The van der Waals surface area contributed by atoms with E-state index in [1.165, 1.54) is 17.0 Å². The Labute approximate surface area is 232 Å². The van der Waals surface area contributed by atoms with Gasteiger partial charge in [0.25, 0.3) is 5.91 Å². The Hall–Kier alpha value is -4.21. The predicted molar refractivity (Wildman–Crippen MR) is 144 cm³/mol. The topological polar surface area (TPSA) is 90.2 Å². The number of benzene rings is 3. The van der Waals surface area contributed by atoms with E-state index in [1.807, 2.05) is 12.1 Å². The Morgan fingerprint density at radius 2 is 1.69 bits per heavy atom. The number of carbonyl (C=O) groups is 1. The molecule has 198 valence electrons. The molecule has 1 amide bonds. The molecular formula is C28H21Cl2F2N5O2. The van der Waals surface area contributed by atoms with Crippen LogP contribution in [0.25, 0.3) is 11.3 Å². The van der Waals surface area contributed by atoms with Crippen molar-refractivity contribution in [2.75, 3.05) is 5.73 Å². The van der Waals surface area contributed by atoms with Crippen LogP contribution in [0.2, 0.25) is 10.0 Å². The van der Waals surface area contributed by atoms with Crippen molar-refractivity contribution in [3.05, 3.63) is 124 Å². The minimum atomic E-state index is -0.773. The summed E-state index contributed by atoms with van der Waals surface area (Å²) in [6, 6.07) is 18.6. The van der Waals surface area contributed by atoms with Gasteiger partial charge in [-0.1, -0.05) is 41.4 Å². The van der Waals surface area contributed by atoms with Crippen molar-refractivity contribution in [1.82, 2.24) is 19.7 Å². The van der Waals surface area contributed by atoms with Gasteiger partial charge in [-0.25, -0.2) is 8.78 Å². The SMILES string of the molecule is Nc1ccc(Cn2cnnc2CN(Cc2ccc(F)cc2F)C(=O)c2ccc(-c3cc(Cl)cc(Cl)c3)o2)cc1. The minimum Gasteiger partial charge on any atom is -0.451 e. The van der Waals surface area contributed by atoms with Gasteiger partial charge < -0.3 is 19.6 Å². The number of nitrogen functional groups attached to an aromatic ring is 1. The zero-order valence-electron chi connectivity index (χ0n) is 20.3. The number of anilines is 1. The summed E-state index contributed by atoms with van der Waals surface area (Å²) < 4.78 is 35.7. The summed E-state index contributed by atoms with van der Waals surface area (Å²) in [6.07, 6.45) is 1.54. The lowest BCUT2D eigenvalue weighted by Gasteiger charge is -2.22. The molecule has 0 unspecified atom stereocenters. The molecule has 11 heteroatoms. The first-order valence-corrected chi connectivity index (χ1v) is 12.5. The Balaban J connectivity index is 1.45. The Kier molecular flexibility index (Phi) is 7.63. The number of nitrogens with two attached hydrogens (primary N) is 1. The van der Waals surface area contributed by atoms with Gasteiger partial charge in [0.2, 0.25) is 0 Å². The van der Waals surface area contributed by atoms with E-state index in [1.54, 1.807) is 47.3 Å². The molecule has 5 rings (SSSR count). The molecule has 0 spiro atoms. The summed E-state index contributed by atoms with van der Waals surface area (Å²) in [5.41, 5.74) is 8.08. The molecule has 39 heavy (non-hydrogen) atoms. The average molecular weight is 568 g/mol. The fraction of sp³-hybridized carbons (Fsp3) is 0.107. The molecule has 3 aromatic carbocycles. The fourth-order valence-electron chi connectivity index (χ4n) is 4.04. The van der Waals surface area contributed by atoms with Gasteiger partial charge in [-0.15, -0.1) is 10.2 Å². The van der Waals surface area contributed by atoms with Crippen LogP contribution in [0.4, 0.5) is 14.5 Å². The summed E-state index contributed by atoms with van der Waals surface area (Å²) in [5.74, 6) is -1.18. The smallest absolute Gasteiger partial charge is 0.290 e. The van der Waals surface area contributed by atoms with Gasteiger partial charge in [-0.3, -0.25) is 4.79 Å². The van der Waals surface area contributed by atoms with Crippen LogP contribution in [0.15, 0.2) is 83.5 Å². The number of furan rings is 1. The van der Waals surface area contributed by atoms with E-state index < -0.39 is 17.5 Å². The van der Waals surface area contributed by atoms with Gasteiger partial charge in [0.05, 0.1) is 13.1 Å². The van der Waals surface area contributed by atoms with E-state index >= 15 is 0 Å². The normalized spacial score (nSPS) is 11.1. The van der Waals surface area contributed by atoms with Crippen molar-refractivity contribution in [2.45, 2.75) is 19.6 Å². The standard InChI is InChI=1S/C28H21Cl2F2N5O2/c29-20-9-19(10-21(30)11-20)25-7-8-26(39-25)28(38)36(14-18-3-4-22(31)12-24(18)32)15-27-35-34-16-37(27)13-17-1-5-23(33)6-2-17/h1-12,16H,13-15,33H2. The van der Waals surface area contributed by atoms with Crippen molar-refractivity contribution >= 4 is 34.8 Å². The van der Waals surface area contributed by atoms with E-state index in [4.69, 9.17) is 33.4 Å². The molecule has 7 nitrogen and oxygen atoms in total. The second-order valence-electron chi connectivity index (χ2n) is 8.84. The molecular weight excluding hydrogens is 547 g/mol. The third-order valence-electron chi connectivity index (χ3n) is 5.99. The van der Waals surface area contributed by atoms with Crippen molar-refractivity contribution in [1.29, 1.82) is 0 Å². The Bertz CT molecular complexity index is 1620. The summed E-state index contributed by atoms with van der Waals surface area (Å²) in [7, 11) is 0. The second-order valence-corrected chi connectivity index (χ2v) is 9.71. The van der Waals surface area contributed by atoms with Gasteiger partial charge in [-0.2, -0.15) is 0 Å². The predicted octanol–water partition coefficient (Wildman–Crippen LogP) is 6.60. The first-order chi connectivity index (χ1) is 18.7. The molecule has 0 saturated heterocycles. The summed E-state index contributed by atoms with van der Waals surface area (Å²) in [6.45, 7) is 0.234. The number of aromatic nitrogens is 3. The van der Waals surface area contributed by atoms with Crippen molar-refractivity contribution < 1.29 is 18.0 Å². The first-order valence-electron chi connectivity index (χ1n) is 11.8. The van der Waals surface area contributed by atoms with Crippen LogP contribution in [-0.4, -0.2) is 25.6 Å². The third kappa shape index (κ3) is 6.27. The van der Waals surface area contributed by atoms with Gasteiger partial charge in [0.15, 0.2) is 11.6 Å². The van der Waals surface area contributed by atoms with E-state index in [9.17, 15) is 13.6 Å². The fourth-order valence-corrected chi connectivity index (χ4v) is 4.56. The zero-order chi connectivity index (χ0) is 27.5. The van der Waals surface area contributed by atoms with Crippen LogP contribution < -0.4 is 5.73 Å². The highest BCUT2D eigenvalue weighted by molar-refractivity contribution is 6.35. The monoisotopic (exact) mass is 567 g/mol. The quantitative estimate of drug-likeness (QED) is 0.213. The number of hydrogen-bond donors (Lipinski definition) is 1. The van der Waals surface area contributed by atoms with E-state index in [0.717, 1.165) is 17.7 Å². The van der Waals surface area contributed by atoms with Crippen LogP contribution in [-0.2, 0) is 19.6 Å². The second kappa shape index (κ2) is 11.3. The summed E-state index contributed by atoms with van der Waals surface area (Å²) in [5, 5.41) is 9.00. The molecule has 5 aromatic rings. The number of rotatable bonds is 8. The van der Waals surface area contributed by atoms with Crippen molar-refractivity contribution in [3.8, 4) is 11.3 Å². The highest BCUT2D eigenvalue weighted by Gasteiger charge is 2.24. The molecule has 2 heterocycles. The van der Waals surface area contributed by atoms with E-state index in [-0.39, 0.29) is 24.4 Å². The average Bonchev–Trinajstić information content (AvgIpc) is 3.56. The van der Waals surface area contributed by atoms with Crippen molar-refractivity contribution in [3.63, 3.8) is 0 Å². The summed E-state index contributed by atoms with van der Waals surface area (Å²) >= 11 is 12.2. The number of amides is 1. The highest BCUT2D eigenvalue weighted by atomic mass is 35.5. The Morgan fingerprint density at radius 3 is 2.41 bits per heavy atom. The largest absolute Gasteiger partial charge is 0.451 e. The molecule has 0 bridgehead atoms. The van der Waals surface area contributed by atoms with Crippen LogP contribution in [0.1, 0.15) is 27.5 Å². The number of hydrogen-bond acceptors (Lipinski definition) is 5. The molecule has 0 saturated carbocycles. The molecule has 0 aliphatic heterocycles. The van der Waals surface area contributed by atoms with Gasteiger partial charge >= 0.3 is 0 Å². The molecule has 2 N–H and O–H groups in total. The molecule has 0 aliphatic carbocycles. The maximum Gasteiger partial charge on any atom is 0.290 e. The van der Waals surface area contributed by atoms with Crippen LogP contribution in [0.5, 0.6) is 0 Å². The maximum absolute atomic E-state index is 14.6. The minimum absolute atomic E-state index is 0.00761. The highest BCUT2D eigenvalue weighted by Crippen LogP contribution is 2.29. The number of carbonyl (C=O) groups excluding carboxylic acids is 1. The van der Waals surface area contributed by atoms with Crippen LogP contribution in [0.3, 0.4) is 0 Å². The van der Waals surface area contributed by atoms with E-state index in [0.29, 0.717) is 39.4 Å². The first kappa shape index (κ1) is 26.4. The lowest BCUT2D eigenvalue weighted by molar-refractivity contribution is 0.0690. The molecule has 0 aliphatic rings. The summed E-state index contributed by atoms with van der Waals surface area (Å²) in [4.78, 5) is 15.0. The molecule has 0 radical (unpaired) electrons. The van der Waals surface area contributed by atoms with E-state index in [2.05, 4.69) is 10.2 Å². The van der Waals surface area contributed by atoms with Gasteiger partial charge in [0.1, 0.15) is 23.7 Å². The molecule has 2 aromatic heterocycles. The zero-order valence-corrected chi connectivity index (χ0v) is 21.8. The van der Waals surface area contributed by atoms with Crippen molar-refractivity contribution in [2.24, 2.45) is 0 Å². The Morgan fingerprint density at radius 1 is 0.949 bits per heavy atom.